The minimum atomic E-state index is -2.67. The van der Waals surface area contributed by atoms with Crippen molar-refractivity contribution in [2.45, 2.75) is 31.1 Å². The van der Waals surface area contributed by atoms with Crippen molar-refractivity contribution in [3.8, 4) is 0 Å². The number of aromatic nitrogens is 3. The highest BCUT2D eigenvalue weighted by Crippen LogP contribution is 2.62. The van der Waals surface area contributed by atoms with Gasteiger partial charge in [-0.25, -0.2) is 13.8 Å². The molecule has 3 heterocycles. The summed E-state index contributed by atoms with van der Waals surface area (Å²) in [5.74, 6) is -0.552. The number of hydrogen-bond acceptors (Lipinski definition) is 7. The Morgan fingerprint density at radius 2 is 2.11 bits per heavy atom. The molecular formula is C25H25ClF2N6OS3. The Bertz CT molecular complexity index is 1500. The highest BCUT2D eigenvalue weighted by atomic mass is 35.5. The smallest absolute Gasteiger partial charge is 0.263 e. The average molecular weight is 595 g/mol. The van der Waals surface area contributed by atoms with Crippen LogP contribution in [0.2, 0.25) is 5.02 Å². The van der Waals surface area contributed by atoms with Gasteiger partial charge < -0.3 is 19.6 Å². The van der Waals surface area contributed by atoms with E-state index in [4.69, 9.17) is 11.6 Å². The van der Waals surface area contributed by atoms with E-state index in [-0.39, 0.29) is 26.9 Å². The zero-order chi connectivity index (χ0) is 27.4. The number of unbranched alkanes of at least 4 members (excludes halogenated alkanes) is 1. The molecule has 2 aromatic heterocycles. The maximum absolute atomic E-state index is 15.1. The summed E-state index contributed by atoms with van der Waals surface area (Å²) in [6.45, 7) is 6.00. The van der Waals surface area contributed by atoms with E-state index in [2.05, 4.69) is 61.5 Å². The molecule has 0 radical (unpaired) electrons. The summed E-state index contributed by atoms with van der Waals surface area (Å²) in [7, 11) is -2.67. The molecule has 1 aliphatic heterocycles. The van der Waals surface area contributed by atoms with Crippen LogP contribution in [0.1, 0.15) is 37.6 Å². The van der Waals surface area contributed by atoms with Gasteiger partial charge in [0.1, 0.15) is 17.5 Å². The number of aromatic amines is 2. The summed E-state index contributed by atoms with van der Waals surface area (Å²) < 4.78 is 31.9. The van der Waals surface area contributed by atoms with Crippen molar-refractivity contribution in [3.63, 3.8) is 0 Å². The summed E-state index contributed by atoms with van der Waals surface area (Å²) in [6, 6.07) is 3.65. The number of anilines is 1. The molecule has 0 bridgehead atoms. The number of aliphatic imine (C=N–C) groups is 1. The quantitative estimate of drug-likeness (QED) is 0.132. The van der Waals surface area contributed by atoms with E-state index in [1.165, 1.54) is 12.1 Å². The second-order valence-corrected chi connectivity index (χ2v) is 14.5. The molecule has 4 rings (SSSR count). The maximum Gasteiger partial charge on any atom is 0.263 e. The van der Waals surface area contributed by atoms with Crippen LogP contribution < -0.4 is 10.3 Å². The van der Waals surface area contributed by atoms with E-state index in [1.807, 2.05) is 0 Å². The van der Waals surface area contributed by atoms with Gasteiger partial charge in [-0.3, -0.25) is 9.79 Å². The Hall–Kier alpha value is -2.93. The predicted octanol–water partition coefficient (Wildman–Crippen LogP) is 7.34. The summed E-state index contributed by atoms with van der Waals surface area (Å²) >= 11 is 15.6. The molecule has 0 atom stereocenters. The predicted molar refractivity (Wildman–Crippen MR) is 159 cm³/mol. The van der Waals surface area contributed by atoms with Crippen LogP contribution in [0.3, 0.4) is 0 Å². The lowest BCUT2D eigenvalue weighted by atomic mass is 10.0. The molecular weight excluding hydrogens is 570 g/mol. The van der Waals surface area contributed by atoms with Gasteiger partial charge in [-0.15, -0.1) is 0 Å². The molecule has 0 spiro atoms. The van der Waals surface area contributed by atoms with Crippen LogP contribution >= 0.6 is 43.2 Å². The van der Waals surface area contributed by atoms with Crippen LogP contribution in [-0.4, -0.2) is 26.1 Å². The third-order valence-electron chi connectivity index (χ3n) is 5.68. The third-order valence-corrected chi connectivity index (χ3v) is 9.22. The number of rotatable bonds is 9. The monoisotopic (exact) mass is 594 g/mol. The summed E-state index contributed by atoms with van der Waals surface area (Å²) in [5.41, 5.74) is 1.64. The second kappa shape index (κ2) is 11.9. The fourth-order valence-corrected chi connectivity index (χ4v) is 6.76. The lowest BCUT2D eigenvalue weighted by Gasteiger charge is -2.31. The Morgan fingerprint density at radius 3 is 2.79 bits per heavy atom. The van der Waals surface area contributed by atoms with E-state index in [0.717, 1.165) is 42.8 Å². The average Bonchev–Trinajstić information content (AvgIpc) is 3.42. The number of benzene rings is 1. The van der Waals surface area contributed by atoms with Gasteiger partial charge in [0.25, 0.3) is 5.56 Å². The third kappa shape index (κ3) is 5.88. The Morgan fingerprint density at radius 1 is 1.32 bits per heavy atom. The van der Waals surface area contributed by atoms with Crippen molar-refractivity contribution in [3.05, 3.63) is 99.9 Å². The van der Waals surface area contributed by atoms with Crippen LogP contribution in [-0.2, 0) is 0 Å². The number of nitrogens with one attached hydrogen (secondary N) is 3. The molecule has 0 aliphatic carbocycles. The molecule has 0 amide bonds. The number of imidazole rings is 1. The fraction of sp³-hybridized carbons (Fsp3) is 0.160. The van der Waals surface area contributed by atoms with E-state index in [0.29, 0.717) is 5.82 Å². The number of nitrogens with zero attached hydrogens (tertiary/aromatic N) is 3. The standard InChI is InChI=1S/C25H25ClF2N6OS3/c1-3-5-6-16(24-29-9-10-30-24)20-13-31-19(14-34(20)4-2)22-17(28)7-8-18(23(22)26)33-38(36,37)21-11-15(27)12-32-25(21)35/h4,7-14,33,36-37H,2-3,5-6H2,1H3,(H,29,30)(H,32,35)/b20-16+. The summed E-state index contributed by atoms with van der Waals surface area (Å²) in [5, 5.41) is -0.00473. The number of allylic oxidation sites excluding steroid dienone is 2. The first-order valence-electron chi connectivity index (χ1n) is 11.5. The molecule has 7 nitrogen and oxygen atoms in total. The second-order valence-electron chi connectivity index (χ2n) is 8.21. The van der Waals surface area contributed by atoms with Crippen LogP contribution in [0.5, 0.6) is 0 Å². The maximum atomic E-state index is 15.1. The van der Waals surface area contributed by atoms with Crippen LogP contribution in [0.25, 0.3) is 11.3 Å². The van der Waals surface area contributed by atoms with E-state index >= 15 is 4.39 Å². The van der Waals surface area contributed by atoms with Gasteiger partial charge in [-0.05, 0) is 39.3 Å². The highest BCUT2D eigenvalue weighted by Gasteiger charge is 2.26. The van der Waals surface area contributed by atoms with E-state index in [1.54, 1.807) is 35.9 Å². The zero-order valence-corrected chi connectivity index (χ0v) is 23.6. The highest BCUT2D eigenvalue weighted by molar-refractivity contribution is 9.18. The lowest BCUT2D eigenvalue weighted by Crippen LogP contribution is -2.17. The molecule has 13 heteroatoms. The van der Waals surface area contributed by atoms with E-state index < -0.39 is 25.5 Å². The normalized spacial score (nSPS) is 15.3. The molecule has 200 valence electrons. The minimum Gasteiger partial charge on any atom is -0.345 e. The fourth-order valence-electron chi connectivity index (χ4n) is 3.82. The first kappa shape index (κ1) is 28.1. The van der Waals surface area contributed by atoms with Gasteiger partial charge in [-0.2, -0.15) is 0 Å². The van der Waals surface area contributed by atoms with Gasteiger partial charge >= 0.3 is 0 Å². The molecule has 3 aromatic rings. The Kier molecular flexibility index (Phi) is 8.76. The molecule has 0 fully saturated rings. The molecule has 3 N–H and O–H groups in total. The van der Waals surface area contributed by atoms with Gasteiger partial charge in [0, 0.05) is 36.6 Å². The van der Waals surface area contributed by atoms with Crippen LogP contribution in [0, 0.1) is 11.6 Å². The molecule has 38 heavy (non-hydrogen) atoms. The first-order valence-corrected chi connectivity index (χ1v) is 15.6. The Labute approximate surface area is 234 Å². The Balaban J connectivity index is 1.73. The first-order chi connectivity index (χ1) is 18.2. The number of hydrogen-bond donors (Lipinski definition) is 5. The topological polar surface area (TPSA) is 89.2 Å². The van der Waals surface area contributed by atoms with Crippen LogP contribution in [0.4, 0.5) is 14.5 Å². The zero-order valence-electron chi connectivity index (χ0n) is 20.2. The van der Waals surface area contributed by atoms with Crippen molar-refractivity contribution < 1.29 is 8.78 Å². The summed E-state index contributed by atoms with van der Waals surface area (Å²) in [6.07, 6.45) is 11.9. The van der Waals surface area contributed by atoms with Crippen molar-refractivity contribution >= 4 is 66.4 Å². The van der Waals surface area contributed by atoms with Crippen molar-refractivity contribution in [2.24, 2.45) is 4.99 Å². The largest absolute Gasteiger partial charge is 0.345 e. The number of halogens is 3. The summed E-state index contributed by atoms with van der Waals surface area (Å²) in [4.78, 5) is 28.4. The van der Waals surface area contributed by atoms with Crippen molar-refractivity contribution in [2.75, 3.05) is 4.72 Å². The number of H-pyrrole nitrogens is 2. The van der Waals surface area contributed by atoms with Gasteiger partial charge in [0.15, 0.2) is 0 Å². The minimum absolute atomic E-state index is 0.00473. The molecule has 0 unspecified atom stereocenters. The van der Waals surface area contributed by atoms with Crippen LogP contribution in [0.15, 0.2) is 76.1 Å². The van der Waals surface area contributed by atoms with Gasteiger partial charge in [-0.1, -0.05) is 54.8 Å². The molecule has 1 aromatic carbocycles. The van der Waals surface area contributed by atoms with Gasteiger partial charge in [0.05, 0.1) is 38.8 Å². The molecule has 1 aliphatic rings. The van der Waals surface area contributed by atoms with Gasteiger partial charge in [0.2, 0.25) is 0 Å². The molecule has 0 saturated heterocycles. The SMILES string of the molecule is C=CN1C=C(c2c(F)ccc(NS(S)(S)c3cc(F)c[nH]c3=O)c2Cl)N=C/C1=C(/CCCC)c1ncc[nH]1. The lowest BCUT2D eigenvalue weighted by molar-refractivity contribution is 0.615. The van der Waals surface area contributed by atoms with E-state index in [9.17, 15) is 9.18 Å². The number of pyridine rings is 1. The molecule has 0 saturated carbocycles. The van der Waals surface area contributed by atoms with Crippen molar-refractivity contribution in [1.29, 1.82) is 0 Å². The number of thiol groups is 2. The van der Waals surface area contributed by atoms with Crippen molar-refractivity contribution in [1.82, 2.24) is 19.9 Å².